The van der Waals surface area contributed by atoms with Crippen LogP contribution in [0.4, 0.5) is 0 Å². The van der Waals surface area contributed by atoms with E-state index in [4.69, 9.17) is 16.7 Å². The lowest BCUT2D eigenvalue weighted by Crippen LogP contribution is -2.03. The molecule has 2 aromatic rings. The molecule has 0 saturated carbocycles. The highest BCUT2D eigenvalue weighted by Gasteiger charge is 2.15. The topological polar surface area (TPSA) is 42.2 Å². The Balaban J connectivity index is 2.67. The number of aryl methyl sites for hydroxylation is 2. The van der Waals surface area contributed by atoms with Crippen molar-refractivity contribution in [2.75, 3.05) is 0 Å². The summed E-state index contributed by atoms with van der Waals surface area (Å²) in [7, 11) is 0. The van der Waals surface area contributed by atoms with Crippen molar-refractivity contribution in [1.29, 1.82) is 0 Å². The van der Waals surface area contributed by atoms with E-state index < -0.39 is 5.97 Å². The molecule has 0 spiro atoms. The van der Waals surface area contributed by atoms with Crippen LogP contribution in [0.25, 0.3) is 5.69 Å². The van der Waals surface area contributed by atoms with E-state index in [9.17, 15) is 4.79 Å². The number of aromatic carboxylic acids is 1. The molecule has 0 saturated heterocycles. The Labute approximate surface area is 111 Å². The Morgan fingerprint density at radius 1 is 1.28 bits per heavy atom. The van der Waals surface area contributed by atoms with Crippen molar-refractivity contribution in [1.82, 2.24) is 4.57 Å². The Kier molecular flexibility index (Phi) is 3.18. The minimum absolute atomic E-state index is 0.297. The van der Waals surface area contributed by atoms with E-state index in [1.165, 1.54) is 0 Å². The van der Waals surface area contributed by atoms with E-state index in [2.05, 4.69) is 0 Å². The molecule has 4 heteroatoms. The van der Waals surface area contributed by atoms with Crippen LogP contribution < -0.4 is 0 Å². The molecule has 0 amide bonds. The number of nitrogens with zero attached hydrogens (tertiary/aromatic N) is 1. The largest absolute Gasteiger partial charge is 0.478 e. The first-order valence-electron chi connectivity index (χ1n) is 5.60. The number of carboxylic acids is 1. The average molecular weight is 264 g/mol. The number of carboxylic acid groups (broad SMARTS) is 1. The second kappa shape index (κ2) is 4.50. The fourth-order valence-corrected chi connectivity index (χ4v) is 2.60. The Morgan fingerprint density at radius 3 is 2.44 bits per heavy atom. The number of aromatic nitrogens is 1. The summed E-state index contributed by atoms with van der Waals surface area (Å²) in [6.07, 6.45) is 1.74. The zero-order chi connectivity index (χ0) is 13.4. The molecule has 1 aromatic heterocycles. The molecule has 1 aromatic carbocycles. The molecule has 1 heterocycles. The van der Waals surface area contributed by atoms with E-state index in [1.54, 1.807) is 19.2 Å². The third-order valence-corrected chi connectivity index (χ3v) is 3.30. The number of halogens is 1. The van der Waals surface area contributed by atoms with Gasteiger partial charge in [-0.25, -0.2) is 4.79 Å². The maximum Gasteiger partial charge on any atom is 0.337 e. The summed E-state index contributed by atoms with van der Waals surface area (Å²) in [6.45, 7) is 5.72. The number of benzene rings is 1. The van der Waals surface area contributed by atoms with Gasteiger partial charge < -0.3 is 9.67 Å². The Hall–Kier alpha value is -1.74. The molecule has 1 N–H and O–H groups in total. The lowest BCUT2D eigenvalue weighted by Gasteiger charge is -2.13. The van der Waals surface area contributed by atoms with Crippen molar-refractivity contribution in [3.05, 3.63) is 51.8 Å². The van der Waals surface area contributed by atoms with E-state index in [0.717, 1.165) is 16.8 Å². The van der Waals surface area contributed by atoms with E-state index in [1.807, 2.05) is 30.5 Å². The van der Waals surface area contributed by atoms with Gasteiger partial charge >= 0.3 is 5.97 Å². The zero-order valence-corrected chi connectivity index (χ0v) is 11.2. The number of hydrogen-bond acceptors (Lipinski definition) is 1. The molecule has 94 valence electrons. The first kappa shape index (κ1) is 12.7. The fraction of sp³-hybridized carbons (Fsp3) is 0.214. The average Bonchev–Trinajstić information content (AvgIpc) is 2.59. The van der Waals surface area contributed by atoms with Crippen molar-refractivity contribution in [2.45, 2.75) is 20.8 Å². The molecule has 3 nitrogen and oxygen atoms in total. The molecular formula is C14H14ClNO2. The van der Waals surface area contributed by atoms with E-state index in [-0.39, 0.29) is 0 Å². The summed E-state index contributed by atoms with van der Waals surface area (Å²) in [6, 6.07) is 5.50. The predicted octanol–water partition coefficient (Wildman–Crippen LogP) is 3.75. The molecule has 0 aliphatic heterocycles. The van der Waals surface area contributed by atoms with Crippen molar-refractivity contribution < 1.29 is 9.90 Å². The van der Waals surface area contributed by atoms with Gasteiger partial charge in [-0.05, 0) is 44.0 Å². The lowest BCUT2D eigenvalue weighted by molar-refractivity contribution is 0.0696. The number of rotatable bonds is 2. The van der Waals surface area contributed by atoms with Crippen LogP contribution in [0.2, 0.25) is 5.02 Å². The standard InChI is InChI=1S/C14H14ClNO2/c1-8-6-9(2)13(12(15)7-8)16-5-4-11(10(16)3)14(17)18/h4-7H,1-3H3,(H,17,18). The minimum Gasteiger partial charge on any atom is -0.478 e. The second-order valence-corrected chi connectivity index (χ2v) is 4.81. The fourth-order valence-electron chi connectivity index (χ4n) is 2.19. The third-order valence-electron chi connectivity index (χ3n) is 3.01. The molecule has 0 unspecified atom stereocenters. The summed E-state index contributed by atoms with van der Waals surface area (Å²) in [5, 5.41) is 9.69. The molecule has 0 fully saturated rings. The van der Waals surface area contributed by atoms with Crippen molar-refractivity contribution in [2.24, 2.45) is 0 Å². The summed E-state index contributed by atoms with van der Waals surface area (Å²) < 4.78 is 1.82. The monoisotopic (exact) mass is 263 g/mol. The summed E-state index contributed by atoms with van der Waals surface area (Å²) in [5.41, 5.74) is 3.93. The van der Waals surface area contributed by atoms with Gasteiger partial charge in [-0.1, -0.05) is 17.7 Å². The lowest BCUT2D eigenvalue weighted by atomic mass is 10.1. The van der Waals surface area contributed by atoms with Crippen molar-refractivity contribution in [3.8, 4) is 5.69 Å². The molecule has 0 aliphatic rings. The highest BCUT2D eigenvalue weighted by atomic mass is 35.5. The van der Waals surface area contributed by atoms with Gasteiger partial charge in [0, 0.05) is 11.9 Å². The van der Waals surface area contributed by atoms with E-state index in [0.29, 0.717) is 16.3 Å². The van der Waals surface area contributed by atoms with Crippen LogP contribution in [0.3, 0.4) is 0 Å². The molecule has 0 radical (unpaired) electrons. The summed E-state index contributed by atoms with van der Waals surface area (Å²) in [4.78, 5) is 11.0. The van der Waals surface area contributed by atoms with Gasteiger partial charge in [-0.3, -0.25) is 0 Å². The molecule has 0 atom stereocenters. The van der Waals surface area contributed by atoms with Crippen LogP contribution in [-0.4, -0.2) is 15.6 Å². The van der Waals surface area contributed by atoms with Gasteiger partial charge in [0.05, 0.1) is 16.3 Å². The maximum absolute atomic E-state index is 11.0. The molecular weight excluding hydrogens is 250 g/mol. The Morgan fingerprint density at radius 2 is 1.94 bits per heavy atom. The number of carbonyl (C=O) groups is 1. The third kappa shape index (κ3) is 2.02. The van der Waals surface area contributed by atoms with Crippen LogP contribution in [0.15, 0.2) is 24.4 Å². The SMILES string of the molecule is Cc1cc(C)c(-n2ccc(C(=O)O)c2C)c(Cl)c1. The first-order valence-corrected chi connectivity index (χ1v) is 5.98. The molecule has 18 heavy (non-hydrogen) atoms. The van der Waals surface area contributed by atoms with Crippen LogP contribution in [0, 0.1) is 20.8 Å². The normalized spacial score (nSPS) is 10.7. The second-order valence-electron chi connectivity index (χ2n) is 4.40. The molecule has 2 rings (SSSR count). The molecule has 0 aliphatic carbocycles. The van der Waals surface area contributed by atoms with Crippen molar-refractivity contribution in [3.63, 3.8) is 0 Å². The van der Waals surface area contributed by atoms with E-state index >= 15 is 0 Å². The Bertz CT molecular complexity index is 606. The van der Waals surface area contributed by atoms with Gasteiger partial charge in [0.2, 0.25) is 0 Å². The van der Waals surface area contributed by atoms with Gasteiger partial charge in [0.15, 0.2) is 0 Å². The maximum atomic E-state index is 11.0. The van der Waals surface area contributed by atoms with Gasteiger partial charge in [0.1, 0.15) is 0 Å². The summed E-state index contributed by atoms with van der Waals surface area (Å²) in [5.74, 6) is -0.924. The molecule has 0 bridgehead atoms. The highest BCUT2D eigenvalue weighted by Crippen LogP contribution is 2.28. The predicted molar refractivity (Wildman–Crippen MR) is 71.9 cm³/mol. The highest BCUT2D eigenvalue weighted by molar-refractivity contribution is 6.32. The first-order chi connectivity index (χ1) is 8.41. The number of hydrogen-bond donors (Lipinski definition) is 1. The van der Waals surface area contributed by atoms with Gasteiger partial charge in [-0.2, -0.15) is 0 Å². The minimum atomic E-state index is -0.924. The zero-order valence-electron chi connectivity index (χ0n) is 10.5. The van der Waals surface area contributed by atoms with Crippen LogP contribution >= 0.6 is 11.6 Å². The van der Waals surface area contributed by atoms with Gasteiger partial charge in [-0.15, -0.1) is 0 Å². The smallest absolute Gasteiger partial charge is 0.337 e. The van der Waals surface area contributed by atoms with Crippen LogP contribution in [0.1, 0.15) is 27.2 Å². The quantitative estimate of drug-likeness (QED) is 0.897. The van der Waals surface area contributed by atoms with Crippen LogP contribution in [-0.2, 0) is 0 Å². The summed E-state index contributed by atoms with van der Waals surface area (Å²) >= 11 is 6.26. The van der Waals surface area contributed by atoms with Crippen molar-refractivity contribution >= 4 is 17.6 Å². The van der Waals surface area contributed by atoms with Gasteiger partial charge in [0.25, 0.3) is 0 Å². The van der Waals surface area contributed by atoms with Crippen LogP contribution in [0.5, 0.6) is 0 Å².